The second kappa shape index (κ2) is 5.67. The van der Waals surface area contributed by atoms with Crippen LogP contribution in [0.1, 0.15) is 29.9 Å². The zero-order chi connectivity index (χ0) is 13.1. The maximum Gasteiger partial charge on any atom is 0.0597 e. The van der Waals surface area contributed by atoms with Crippen LogP contribution in [0, 0.1) is 6.92 Å². The van der Waals surface area contributed by atoms with Gasteiger partial charge in [-0.2, -0.15) is 5.10 Å². The molecule has 0 saturated carbocycles. The van der Waals surface area contributed by atoms with Crippen molar-refractivity contribution in [2.24, 2.45) is 5.73 Å². The summed E-state index contributed by atoms with van der Waals surface area (Å²) in [7, 11) is 0. The van der Waals surface area contributed by atoms with Crippen LogP contribution in [0.25, 0.3) is 0 Å². The number of aryl methyl sites for hydroxylation is 2. The van der Waals surface area contributed by atoms with Gasteiger partial charge in [0.15, 0.2) is 0 Å². The highest BCUT2D eigenvalue weighted by molar-refractivity contribution is 9.10. The number of hydrogen-bond acceptors (Lipinski definition) is 2. The van der Waals surface area contributed by atoms with Crippen LogP contribution < -0.4 is 5.73 Å². The van der Waals surface area contributed by atoms with Crippen LogP contribution in [0.15, 0.2) is 34.8 Å². The number of nitrogens with zero attached hydrogens (tertiary/aromatic N) is 2. The van der Waals surface area contributed by atoms with E-state index >= 15 is 0 Å². The first-order valence-corrected chi connectivity index (χ1v) is 6.94. The minimum absolute atomic E-state index is 0.00711. The van der Waals surface area contributed by atoms with Crippen LogP contribution in [-0.2, 0) is 13.0 Å². The first-order chi connectivity index (χ1) is 8.60. The Kier molecular flexibility index (Phi) is 4.19. The molecule has 0 radical (unpaired) electrons. The third kappa shape index (κ3) is 3.00. The van der Waals surface area contributed by atoms with Gasteiger partial charge in [-0.15, -0.1) is 0 Å². The van der Waals surface area contributed by atoms with Gasteiger partial charge in [0.2, 0.25) is 0 Å². The van der Waals surface area contributed by atoms with Crippen LogP contribution in [0.4, 0.5) is 0 Å². The second-order valence-corrected chi connectivity index (χ2v) is 5.38. The van der Waals surface area contributed by atoms with Gasteiger partial charge in [-0.05, 0) is 44.0 Å². The van der Waals surface area contributed by atoms with E-state index in [1.165, 1.54) is 5.56 Å². The normalized spacial score (nSPS) is 12.7. The molecule has 1 heterocycles. The molecule has 2 aromatic rings. The van der Waals surface area contributed by atoms with Gasteiger partial charge in [-0.1, -0.05) is 28.1 Å². The molecule has 1 unspecified atom stereocenters. The maximum atomic E-state index is 6.28. The predicted octanol–water partition coefficient (Wildman–Crippen LogP) is 3.22. The highest BCUT2D eigenvalue weighted by atomic mass is 79.9. The lowest BCUT2D eigenvalue weighted by Crippen LogP contribution is -2.18. The number of aromatic nitrogens is 2. The molecule has 1 aromatic heterocycles. The Morgan fingerprint density at radius 2 is 2.00 bits per heavy atom. The van der Waals surface area contributed by atoms with E-state index in [-0.39, 0.29) is 6.04 Å². The maximum absolute atomic E-state index is 6.28. The number of benzene rings is 1. The number of halogens is 1. The fraction of sp³-hybridized carbons (Fsp3) is 0.357. The van der Waals surface area contributed by atoms with Gasteiger partial charge in [-0.3, -0.25) is 4.68 Å². The lowest BCUT2D eigenvalue weighted by molar-refractivity contribution is 0.566. The van der Waals surface area contributed by atoms with E-state index < -0.39 is 0 Å². The molecule has 1 aromatic carbocycles. The molecule has 0 fully saturated rings. The third-order valence-corrected chi connectivity index (χ3v) is 3.51. The van der Waals surface area contributed by atoms with Crippen molar-refractivity contribution in [3.8, 4) is 0 Å². The van der Waals surface area contributed by atoms with Gasteiger partial charge < -0.3 is 5.73 Å². The molecule has 0 bridgehead atoms. The molecule has 2 N–H and O–H groups in total. The molecule has 18 heavy (non-hydrogen) atoms. The monoisotopic (exact) mass is 307 g/mol. The first-order valence-electron chi connectivity index (χ1n) is 6.14. The molecular formula is C14H18BrN3. The molecule has 3 nitrogen and oxygen atoms in total. The number of rotatable bonds is 4. The summed E-state index contributed by atoms with van der Waals surface area (Å²) in [5, 5.41) is 4.44. The number of hydrogen-bond donors (Lipinski definition) is 1. The highest BCUT2D eigenvalue weighted by Gasteiger charge is 2.13. The second-order valence-electron chi connectivity index (χ2n) is 4.46. The summed E-state index contributed by atoms with van der Waals surface area (Å²) in [5.74, 6) is 0. The Labute approximate surface area is 116 Å². The minimum Gasteiger partial charge on any atom is -0.322 e. The van der Waals surface area contributed by atoms with Crippen LogP contribution in [-0.4, -0.2) is 9.78 Å². The zero-order valence-corrected chi connectivity index (χ0v) is 12.3. The van der Waals surface area contributed by atoms with Crippen molar-refractivity contribution >= 4 is 15.9 Å². The zero-order valence-electron chi connectivity index (χ0n) is 10.7. The van der Waals surface area contributed by atoms with Gasteiger partial charge in [-0.25, -0.2) is 0 Å². The van der Waals surface area contributed by atoms with E-state index in [4.69, 9.17) is 5.73 Å². The smallest absolute Gasteiger partial charge is 0.0597 e. The van der Waals surface area contributed by atoms with E-state index in [0.717, 1.165) is 28.8 Å². The molecule has 0 aliphatic carbocycles. The molecular weight excluding hydrogens is 290 g/mol. The Morgan fingerprint density at radius 3 is 2.61 bits per heavy atom. The van der Waals surface area contributed by atoms with Crippen LogP contribution >= 0.6 is 15.9 Å². The Morgan fingerprint density at radius 1 is 1.33 bits per heavy atom. The Bertz CT molecular complexity index is 516. The molecule has 2 rings (SSSR count). The molecule has 1 atom stereocenters. The van der Waals surface area contributed by atoms with Crippen LogP contribution in [0.2, 0.25) is 0 Å². The quantitative estimate of drug-likeness (QED) is 0.942. The van der Waals surface area contributed by atoms with E-state index in [1.807, 2.05) is 23.7 Å². The summed E-state index contributed by atoms with van der Waals surface area (Å²) in [4.78, 5) is 0. The summed E-state index contributed by atoms with van der Waals surface area (Å²) < 4.78 is 3.08. The van der Waals surface area contributed by atoms with Crippen LogP contribution in [0.3, 0.4) is 0 Å². The SMILES string of the molecule is CCn1nc(C)cc1C(N)Cc1ccc(Br)cc1. The summed E-state index contributed by atoms with van der Waals surface area (Å²) in [5.41, 5.74) is 9.66. The molecule has 0 amide bonds. The topological polar surface area (TPSA) is 43.8 Å². The van der Waals surface area contributed by atoms with Gasteiger partial charge in [0.05, 0.1) is 17.4 Å². The fourth-order valence-corrected chi connectivity index (χ4v) is 2.36. The summed E-state index contributed by atoms with van der Waals surface area (Å²) in [6.45, 7) is 4.95. The standard InChI is InChI=1S/C14H18BrN3/c1-3-18-14(8-10(2)17-18)13(16)9-11-4-6-12(15)7-5-11/h4-8,13H,3,9,16H2,1-2H3. The molecule has 0 saturated heterocycles. The third-order valence-electron chi connectivity index (χ3n) is 2.98. The summed E-state index contributed by atoms with van der Waals surface area (Å²) in [6, 6.07) is 10.4. The Hall–Kier alpha value is -1.13. The van der Waals surface area contributed by atoms with Crippen molar-refractivity contribution in [3.63, 3.8) is 0 Å². The fourth-order valence-electron chi connectivity index (χ4n) is 2.10. The van der Waals surface area contributed by atoms with E-state index in [9.17, 15) is 0 Å². The molecule has 96 valence electrons. The minimum atomic E-state index is -0.00711. The van der Waals surface area contributed by atoms with E-state index in [0.29, 0.717) is 0 Å². The van der Waals surface area contributed by atoms with Gasteiger partial charge in [0.25, 0.3) is 0 Å². The lowest BCUT2D eigenvalue weighted by atomic mass is 10.0. The predicted molar refractivity (Wildman–Crippen MR) is 77.4 cm³/mol. The van der Waals surface area contributed by atoms with Crippen molar-refractivity contribution in [1.82, 2.24) is 9.78 Å². The summed E-state index contributed by atoms with van der Waals surface area (Å²) in [6.07, 6.45) is 0.832. The average Bonchev–Trinajstić information content (AvgIpc) is 2.73. The first kappa shape index (κ1) is 13.3. The van der Waals surface area contributed by atoms with Gasteiger partial charge >= 0.3 is 0 Å². The molecule has 4 heteroatoms. The van der Waals surface area contributed by atoms with Gasteiger partial charge in [0, 0.05) is 11.0 Å². The lowest BCUT2D eigenvalue weighted by Gasteiger charge is -2.13. The largest absolute Gasteiger partial charge is 0.322 e. The summed E-state index contributed by atoms with van der Waals surface area (Å²) >= 11 is 3.44. The highest BCUT2D eigenvalue weighted by Crippen LogP contribution is 2.19. The van der Waals surface area contributed by atoms with Crippen molar-refractivity contribution < 1.29 is 0 Å². The van der Waals surface area contributed by atoms with E-state index in [2.05, 4.69) is 46.2 Å². The number of nitrogens with two attached hydrogens (primary N) is 1. The van der Waals surface area contributed by atoms with E-state index in [1.54, 1.807) is 0 Å². The average molecular weight is 308 g/mol. The molecule has 0 aliphatic rings. The Balaban J connectivity index is 2.16. The van der Waals surface area contributed by atoms with Gasteiger partial charge in [0.1, 0.15) is 0 Å². The van der Waals surface area contributed by atoms with Crippen LogP contribution in [0.5, 0.6) is 0 Å². The van der Waals surface area contributed by atoms with Crippen molar-refractivity contribution in [3.05, 3.63) is 51.8 Å². The van der Waals surface area contributed by atoms with Crippen molar-refractivity contribution in [1.29, 1.82) is 0 Å². The molecule has 0 aliphatic heterocycles. The van der Waals surface area contributed by atoms with Crippen molar-refractivity contribution in [2.75, 3.05) is 0 Å². The van der Waals surface area contributed by atoms with Crippen molar-refractivity contribution in [2.45, 2.75) is 32.9 Å². The molecule has 0 spiro atoms.